The fourth-order valence-electron chi connectivity index (χ4n) is 3.98. The van der Waals surface area contributed by atoms with E-state index in [2.05, 4.69) is 36.3 Å². The second-order valence-corrected chi connectivity index (χ2v) is 7.94. The minimum atomic E-state index is -0.185. The van der Waals surface area contributed by atoms with Gasteiger partial charge in [-0.2, -0.15) is 5.10 Å². The molecule has 4 nitrogen and oxygen atoms in total. The molecule has 0 saturated heterocycles. The molecule has 0 unspecified atom stereocenters. The van der Waals surface area contributed by atoms with Crippen molar-refractivity contribution in [1.82, 2.24) is 10.2 Å². The summed E-state index contributed by atoms with van der Waals surface area (Å²) in [4.78, 5) is 11.2. The Kier molecular flexibility index (Phi) is 5.54. The first-order valence-corrected chi connectivity index (χ1v) is 9.72. The van der Waals surface area contributed by atoms with Gasteiger partial charge in [-0.05, 0) is 56.4 Å². The number of H-pyrrole nitrogens is 1. The first-order valence-electron chi connectivity index (χ1n) is 9.72. The summed E-state index contributed by atoms with van der Waals surface area (Å²) in [6, 6.07) is 7.69. The van der Waals surface area contributed by atoms with Gasteiger partial charge in [0.15, 0.2) is 0 Å². The monoisotopic (exact) mass is 381 g/mol. The number of nitrogens with one attached hydrogen (secondary N) is 2. The molecule has 0 radical (unpaired) electrons. The van der Waals surface area contributed by atoms with Gasteiger partial charge in [-0.3, -0.25) is 9.89 Å². The summed E-state index contributed by atoms with van der Waals surface area (Å²) in [5.74, 6) is 0.0450. The number of carbonyl (C=O) groups excluding carboxylic acids is 1. The fraction of sp³-hybridized carbons (Fsp3) is 0.391. The van der Waals surface area contributed by atoms with Crippen LogP contribution in [-0.4, -0.2) is 16.1 Å². The summed E-state index contributed by atoms with van der Waals surface area (Å²) in [5.41, 5.74) is 6.09. The maximum atomic E-state index is 13.3. The number of aromatic amines is 1. The molecule has 1 aromatic heterocycles. The number of amides is 1. The number of rotatable bonds is 6. The van der Waals surface area contributed by atoms with Crippen LogP contribution in [0.15, 0.2) is 47.8 Å². The Bertz CT molecular complexity index is 927. The van der Waals surface area contributed by atoms with Crippen molar-refractivity contribution in [2.45, 2.75) is 52.9 Å². The van der Waals surface area contributed by atoms with Gasteiger partial charge in [-0.25, -0.2) is 4.39 Å². The van der Waals surface area contributed by atoms with E-state index in [4.69, 9.17) is 0 Å². The lowest BCUT2D eigenvalue weighted by Gasteiger charge is -2.22. The van der Waals surface area contributed by atoms with Crippen LogP contribution in [0, 0.1) is 12.8 Å². The molecule has 1 aliphatic rings. The number of nitrogens with zero attached hydrogens (tertiary/aromatic N) is 1. The normalized spacial score (nSPS) is 16.4. The van der Waals surface area contributed by atoms with Crippen LogP contribution in [0.1, 0.15) is 51.8 Å². The van der Waals surface area contributed by atoms with Crippen molar-refractivity contribution >= 4 is 11.6 Å². The standard InChI is InChI=1S/C23H28FN3O/c1-14(2)20(11-6-15(3)24)23(12-13-23)22-16(4)21(26-27-22)18-7-9-19(10-8-18)25-17(5)28/h6-11,14H,12-13H2,1-5H3,(H,25,28)(H,26,27)/b15-6+,20-11+. The number of hydrogen-bond donors (Lipinski definition) is 2. The quantitative estimate of drug-likeness (QED) is 0.618. The second-order valence-electron chi connectivity index (χ2n) is 7.94. The molecule has 0 atom stereocenters. The van der Waals surface area contributed by atoms with Gasteiger partial charge in [-0.15, -0.1) is 0 Å². The Hall–Kier alpha value is -2.69. The minimum absolute atomic E-state index is 0.0778. The molecule has 1 saturated carbocycles. The molecular weight excluding hydrogens is 353 g/mol. The zero-order valence-electron chi connectivity index (χ0n) is 17.2. The molecule has 0 aliphatic heterocycles. The third kappa shape index (κ3) is 3.93. The van der Waals surface area contributed by atoms with Gasteiger partial charge in [0.1, 0.15) is 0 Å². The van der Waals surface area contributed by atoms with Crippen LogP contribution in [-0.2, 0) is 10.2 Å². The van der Waals surface area contributed by atoms with E-state index in [1.165, 1.54) is 19.4 Å². The lowest BCUT2D eigenvalue weighted by atomic mass is 9.82. The molecule has 2 N–H and O–H groups in total. The smallest absolute Gasteiger partial charge is 0.221 e. The topological polar surface area (TPSA) is 57.8 Å². The van der Waals surface area contributed by atoms with Crippen LogP contribution in [0.4, 0.5) is 10.1 Å². The molecule has 1 aromatic carbocycles. The van der Waals surface area contributed by atoms with E-state index in [0.717, 1.165) is 41.0 Å². The van der Waals surface area contributed by atoms with E-state index in [9.17, 15) is 9.18 Å². The summed E-state index contributed by atoms with van der Waals surface area (Å²) in [6.45, 7) is 9.36. The molecular formula is C23H28FN3O. The van der Waals surface area contributed by atoms with Crippen LogP contribution in [0.25, 0.3) is 11.3 Å². The van der Waals surface area contributed by atoms with E-state index in [1.54, 1.807) is 6.08 Å². The van der Waals surface area contributed by atoms with Crippen molar-refractivity contribution in [2.75, 3.05) is 5.32 Å². The van der Waals surface area contributed by atoms with E-state index in [1.807, 2.05) is 30.3 Å². The molecule has 5 heteroatoms. The summed E-state index contributed by atoms with van der Waals surface area (Å²) in [5, 5.41) is 10.6. The van der Waals surface area contributed by atoms with Gasteiger partial charge in [0.25, 0.3) is 0 Å². The third-order valence-corrected chi connectivity index (χ3v) is 5.38. The van der Waals surface area contributed by atoms with E-state index in [0.29, 0.717) is 5.92 Å². The van der Waals surface area contributed by atoms with Gasteiger partial charge in [0.2, 0.25) is 5.91 Å². The zero-order chi connectivity index (χ0) is 20.5. The van der Waals surface area contributed by atoms with E-state index >= 15 is 0 Å². The predicted molar refractivity (Wildman–Crippen MR) is 112 cm³/mol. The Morgan fingerprint density at radius 3 is 2.36 bits per heavy atom. The molecule has 28 heavy (non-hydrogen) atoms. The second kappa shape index (κ2) is 7.74. The van der Waals surface area contributed by atoms with Crippen LogP contribution in [0.2, 0.25) is 0 Å². The van der Waals surface area contributed by atoms with Crippen molar-refractivity contribution in [3.63, 3.8) is 0 Å². The Morgan fingerprint density at radius 2 is 1.86 bits per heavy atom. The maximum Gasteiger partial charge on any atom is 0.221 e. The van der Waals surface area contributed by atoms with Crippen LogP contribution in [0.3, 0.4) is 0 Å². The van der Waals surface area contributed by atoms with Gasteiger partial charge in [-0.1, -0.05) is 37.6 Å². The highest BCUT2D eigenvalue weighted by Crippen LogP contribution is 2.56. The fourth-order valence-corrected chi connectivity index (χ4v) is 3.98. The number of carbonyl (C=O) groups is 1. The molecule has 0 bridgehead atoms. The molecule has 1 heterocycles. The predicted octanol–water partition coefficient (Wildman–Crippen LogP) is 5.83. The first kappa shape index (κ1) is 20.1. The van der Waals surface area contributed by atoms with Crippen LogP contribution >= 0.6 is 0 Å². The molecule has 1 fully saturated rings. The molecule has 3 rings (SSSR count). The average Bonchev–Trinajstić information content (AvgIpc) is 3.30. The van der Waals surface area contributed by atoms with Gasteiger partial charge >= 0.3 is 0 Å². The van der Waals surface area contributed by atoms with Gasteiger partial charge in [0, 0.05) is 29.3 Å². The highest BCUT2D eigenvalue weighted by molar-refractivity contribution is 5.89. The van der Waals surface area contributed by atoms with Gasteiger partial charge < -0.3 is 5.32 Å². The zero-order valence-corrected chi connectivity index (χ0v) is 17.2. The SMILES string of the molecule is CC(=O)Nc1ccc(-c2n[nH]c(C3(/C(=C/C=C(\C)F)C(C)C)CC3)c2C)cc1. The Balaban J connectivity index is 1.95. The van der Waals surface area contributed by atoms with Crippen LogP contribution < -0.4 is 5.32 Å². The number of halogens is 1. The maximum absolute atomic E-state index is 13.3. The number of allylic oxidation sites excluding steroid dienone is 4. The number of hydrogen-bond acceptors (Lipinski definition) is 2. The average molecular weight is 381 g/mol. The van der Waals surface area contributed by atoms with Crippen molar-refractivity contribution in [1.29, 1.82) is 0 Å². The lowest BCUT2D eigenvalue weighted by Crippen LogP contribution is -2.16. The molecule has 1 amide bonds. The summed E-state index contributed by atoms with van der Waals surface area (Å²) >= 11 is 0. The summed E-state index contributed by atoms with van der Waals surface area (Å²) in [6.07, 6.45) is 5.58. The summed E-state index contributed by atoms with van der Waals surface area (Å²) < 4.78 is 13.3. The van der Waals surface area contributed by atoms with Crippen molar-refractivity contribution in [2.24, 2.45) is 5.92 Å². The highest BCUT2D eigenvalue weighted by Gasteiger charge is 2.50. The van der Waals surface area contributed by atoms with Crippen molar-refractivity contribution in [3.05, 3.63) is 59.1 Å². The van der Waals surface area contributed by atoms with Crippen molar-refractivity contribution in [3.8, 4) is 11.3 Å². The number of aromatic nitrogens is 2. The first-order chi connectivity index (χ1) is 13.2. The van der Waals surface area contributed by atoms with E-state index in [-0.39, 0.29) is 17.1 Å². The Morgan fingerprint density at radius 1 is 1.21 bits per heavy atom. The van der Waals surface area contributed by atoms with Gasteiger partial charge in [0.05, 0.1) is 11.5 Å². The van der Waals surface area contributed by atoms with E-state index < -0.39 is 0 Å². The Labute approximate surface area is 165 Å². The van der Waals surface area contributed by atoms with Crippen LogP contribution in [0.5, 0.6) is 0 Å². The molecule has 0 spiro atoms. The summed E-state index contributed by atoms with van der Waals surface area (Å²) in [7, 11) is 0. The number of benzene rings is 1. The molecule has 2 aromatic rings. The molecule has 1 aliphatic carbocycles. The lowest BCUT2D eigenvalue weighted by molar-refractivity contribution is -0.114. The minimum Gasteiger partial charge on any atom is -0.326 e. The van der Waals surface area contributed by atoms with Crippen molar-refractivity contribution < 1.29 is 9.18 Å². The highest BCUT2D eigenvalue weighted by atomic mass is 19.1. The molecule has 148 valence electrons. The number of anilines is 1. The third-order valence-electron chi connectivity index (χ3n) is 5.38. The largest absolute Gasteiger partial charge is 0.326 e.